The first kappa shape index (κ1) is 18.7. The molecule has 0 bridgehead atoms. The summed E-state index contributed by atoms with van der Waals surface area (Å²) in [4.78, 5) is 0. The monoisotopic (exact) mass is 332 g/mol. The minimum atomic E-state index is -1.63. The first-order valence-corrected chi connectivity index (χ1v) is 12.6. The lowest BCUT2D eigenvalue weighted by atomic mass is 10.1. The third-order valence-corrected chi connectivity index (χ3v) is 12.5. The highest BCUT2D eigenvalue weighted by molar-refractivity contribution is 8.19. The number of thioether (sulfide) groups is 2. The standard InChI is InChI=1S/C16H32OS2Si/c1-8-16(18-12-9-13-19-16)11-10-14(2)17-20(6,7)15(3,4)5/h8,14H,1,9-13H2,2-7H3/t14-/m0/s1. The molecule has 1 aliphatic heterocycles. The Labute approximate surface area is 135 Å². The van der Waals surface area contributed by atoms with Crippen LogP contribution in [0.4, 0.5) is 0 Å². The maximum Gasteiger partial charge on any atom is 0.192 e. The zero-order valence-electron chi connectivity index (χ0n) is 14.1. The molecule has 20 heavy (non-hydrogen) atoms. The van der Waals surface area contributed by atoms with E-state index >= 15 is 0 Å². The molecular weight excluding hydrogens is 300 g/mol. The molecule has 0 aliphatic carbocycles. The van der Waals surface area contributed by atoms with E-state index in [0.29, 0.717) is 11.1 Å². The van der Waals surface area contributed by atoms with Crippen LogP contribution in [0.5, 0.6) is 0 Å². The summed E-state index contributed by atoms with van der Waals surface area (Å²) in [6.45, 7) is 17.9. The maximum absolute atomic E-state index is 6.47. The van der Waals surface area contributed by atoms with Gasteiger partial charge in [0.15, 0.2) is 8.32 Å². The van der Waals surface area contributed by atoms with Gasteiger partial charge in [0.05, 0.1) is 4.08 Å². The molecule has 4 heteroatoms. The van der Waals surface area contributed by atoms with Crippen molar-refractivity contribution in [3.8, 4) is 0 Å². The highest BCUT2D eigenvalue weighted by Gasteiger charge is 2.39. The SMILES string of the molecule is C=CC1(CC[C@H](C)O[Si](C)(C)C(C)(C)C)SCCCS1. The molecule has 118 valence electrons. The second-order valence-electron chi connectivity index (χ2n) is 7.29. The van der Waals surface area contributed by atoms with Crippen molar-refractivity contribution in [2.75, 3.05) is 11.5 Å². The van der Waals surface area contributed by atoms with Crippen molar-refractivity contribution in [3.05, 3.63) is 12.7 Å². The van der Waals surface area contributed by atoms with Gasteiger partial charge in [0, 0.05) is 6.10 Å². The van der Waals surface area contributed by atoms with Crippen molar-refractivity contribution in [2.24, 2.45) is 0 Å². The Morgan fingerprint density at radius 3 is 2.30 bits per heavy atom. The van der Waals surface area contributed by atoms with Gasteiger partial charge in [-0.1, -0.05) is 26.8 Å². The molecule has 0 spiro atoms. The predicted octanol–water partition coefficient (Wildman–Crippen LogP) is 5.93. The van der Waals surface area contributed by atoms with Crippen LogP contribution < -0.4 is 0 Å². The molecule has 1 nitrogen and oxygen atoms in total. The van der Waals surface area contributed by atoms with Crippen molar-refractivity contribution in [1.82, 2.24) is 0 Å². The van der Waals surface area contributed by atoms with Gasteiger partial charge in [-0.15, -0.1) is 30.1 Å². The largest absolute Gasteiger partial charge is 0.414 e. The minimum absolute atomic E-state index is 0.239. The van der Waals surface area contributed by atoms with Crippen LogP contribution in [-0.2, 0) is 4.43 Å². The van der Waals surface area contributed by atoms with E-state index in [2.05, 4.69) is 77.0 Å². The molecule has 1 atom stereocenters. The third-order valence-electron chi connectivity index (χ3n) is 4.49. The number of hydrogen-bond acceptors (Lipinski definition) is 3. The van der Waals surface area contributed by atoms with E-state index in [0.717, 1.165) is 6.42 Å². The van der Waals surface area contributed by atoms with Crippen molar-refractivity contribution in [2.45, 2.75) is 75.3 Å². The Hall–Kier alpha value is 0.617. The molecule has 1 fully saturated rings. The van der Waals surface area contributed by atoms with Gasteiger partial charge < -0.3 is 4.43 Å². The summed E-state index contributed by atoms with van der Waals surface area (Å²) >= 11 is 4.15. The summed E-state index contributed by atoms with van der Waals surface area (Å²) < 4.78 is 6.71. The summed E-state index contributed by atoms with van der Waals surface area (Å²) in [6, 6.07) is 0. The van der Waals surface area contributed by atoms with Crippen LogP contribution in [0, 0.1) is 0 Å². The Morgan fingerprint density at radius 1 is 1.30 bits per heavy atom. The molecule has 0 aromatic rings. The molecule has 1 aliphatic rings. The van der Waals surface area contributed by atoms with Crippen molar-refractivity contribution >= 4 is 31.8 Å². The zero-order chi connectivity index (χ0) is 15.4. The van der Waals surface area contributed by atoms with E-state index in [-0.39, 0.29) is 4.08 Å². The minimum Gasteiger partial charge on any atom is -0.414 e. The van der Waals surface area contributed by atoms with Crippen LogP contribution in [-0.4, -0.2) is 30.0 Å². The lowest BCUT2D eigenvalue weighted by molar-refractivity contribution is 0.186. The van der Waals surface area contributed by atoms with E-state index in [9.17, 15) is 0 Å². The molecule has 1 rings (SSSR count). The fourth-order valence-electron chi connectivity index (χ4n) is 2.10. The Morgan fingerprint density at radius 2 is 1.85 bits per heavy atom. The smallest absolute Gasteiger partial charge is 0.192 e. The highest BCUT2D eigenvalue weighted by Crippen LogP contribution is 2.47. The van der Waals surface area contributed by atoms with E-state index in [1.165, 1.54) is 24.3 Å². The second kappa shape index (κ2) is 7.25. The molecule has 0 unspecified atom stereocenters. The summed E-state index contributed by atoms with van der Waals surface area (Å²) in [6.07, 6.45) is 6.18. The number of rotatable bonds is 6. The van der Waals surface area contributed by atoms with Gasteiger partial charge >= 0.3 is 0 Å². The summed E-state index contributed by atoms with van der Waals surface area (Å²) in [5.74, 6) is 2.55. The Kier molecular flexibility index (Phi) is 6.77. The van der Waals surface area contributed by atoms with Crippen molar-refractivity contribution in [1.29, 1.82) is 0 Å². The zero-order valence-corrected chi connectivity index (χ0v) is 16.8. The van der Waals surface area contributed by atoms with Crippen LogP contribution in [0.1, 0.15) is 47.0 Å². The van der Waals surface area contributed by atoms with E-state index in [4.69, 9.17) is 4.43 Å². The van der Waals surface area contributed by atoms with Crippen molar-refractivity contribution in [3.63, 3.8) is 0 Å². The molecule has 1 heterocycles. The molecular formula is C16H32OS2Si. The second-order valence-corrected chi connectivity index (χ2v) is 15.2. The van der Waals surface area contributed by atoms with Gasteiger partial charge in [-0.25, -0.2) is 0 Å². The quantitative estimate of drug-likeness (QED) is 0.441. The average molecular weight is 333 g/mol. The van der Waals surface area contributed by atoms with Crippen molar-refractivity contribution < 1.29 is 4.43 Å². The van der Waals surface area contributed by atoms with Crippen LogP contribution in [0.3, 0.4) is 0 Å². The van der Waals surface area contributed by atoms with Crippen LogP contribution in [0.15, 0.2) is 12.7 Å². The molecule has 0 aromatic heterocycles. The van der Waals surface area contributed by atoms with Crippen LogP contribution in [0.2, 0.25) is 18.1 Å². The van der Waals surface area contributed by atoms with Gasteiger partial charge in [0.25, 0.3) is 0 Å². The highest BCUT2D eigenvalue weighted by atomic mass is 32.2. The first-order valence-electron chi connectivity index (χ1n) is 7.71. The predicted molar refractivity (Wildman–Crippen MR) is 99.4 cm³/mol. The fourth-order valence-corrected chi connectivity index (χ4v) is 6.62. The summed E-state index contributed by atoms with van der Waals surface area (Å²) in [7, 11) is -1.63. The lowest BCUT2D eigenvalue weighted by Gasteiger charge is -2.39. The molecule has 0 N–H and O–H groups in total. The topological polar surface area (TPSA) is 9.23 Å². The third kappa shape index (κ3) is 5.11. The first-order chi connectivity index (χ1) is 9.12. The average Bonchev–Trinajstić information content (AvgIpc) is 2.36. The van der Waals surface area contributed by atoms with Gasteiger partial charge in [0.1, 0.15) is 0 Å². The lowest BCUT2D eigenvalue weighted by Crippen LogP contribution is -2.43. The molecule has 1 saturated heterocycles. The van der Waals surface area contributed by atoms with Gasteiger partial charge in [-0.3, -0.25) is 0 Å². The normalized spacial score (nSPS) is 21.5. The van der Waals surface area contributed by atoms with Gasteiger partial charge in [-0.05, 0) is 55.8 Å². The van der Waals surface area contributed by atoms with E-state index < -0.39 is 8.32 Å². The van der Waals surface area contributed by atoms with Crippen LogP contribution in [0.25, 0.3) is 0 Å². The molecule has 0 saturated carbocycles. The van der Waals surface area contributed by atoms with Gasteiger partial charge in [-0.2, -0.15) is 0 Å². The maximum atomic E-state index is 6.47. The van der Waals surface area contributed by atoms with Crippen LogP contribution >= 0.6 is 23.5 Å². The molecule has 0 amide bonds. The summed E-state index contributed by atoms with van der Waals surface area (Å²) in [5, 5.41) is 0.297. The summed E-state index contributed by atoms with van der Waals surface area (Å²) in [5.41, 5.74) is 0. The number of hydrogen-bond donors (Lipinski definition) is 0. The van der Waals surface area contributed by atoms with E-state index in [1.807, 2.05) is 0 Å². The molecule has 0 radical (unpaired) electrons. The van der Waals surface area contributed by atoms with Gasteiger partial charge in [0.2, 0.25) is 0 Å². The Balaban J connectivity index is 2.50. The molecule has 0 aromatic carbocycles. The fraction of sp³-hybridized carbons (Fsp3) is 0.875. The van der Waals surface area contributed by atoms with E-state index in [1.54, 1.807) is 0 Å². The Bertz CT molecular complexity index is 317.